The van der Waals surface area contributed by atoms with E-state index < -0.39 is 5.82 Å². The third-order valence-electron chi connectivity index (χ3n) is 5.20. The van der Waals surface area contributed by atoms with Gasteiger partial charge in [-0.2, -0.15) is 0 Å². The Morgan fingerprint density at radius 2 is 2.13 bits per heavy atom. The Morgan fingerprint density at radius 1 is 1.26 bits per heavy atom. The van der Waals surface area contributed by atoms with E-state index in [4.69, 9.17) is 4.74 Å². The molecule has 4 rings (SSSR count). The lowest BCUT2D eigenvalue weighted by Gasteiger charge is -2.33. The van der Waals surface area contributed by atoms with Crippen LogP contribution in [-0.4, -0.2) is 37.1 Å². The average Bonchev–Trinajstić information content (AvgIpc) is 3.34. The monoisotopic (exact) mass is 439 g/mol. The molecular weight excluding hydrogens is 413 g/mol. The molecule has 1 saturated heterocycles. The summed E-state index contributed by atoms with van der Waals surface area (Å²) in [5.41, 5.74) is 0.812. The molecule has 1 aliphatic heterocycles. The van der Waals surface area contributed by atoms with Crippen molar-refractivity contribution in [1.29, 1.82) is 0 Å². The molecule has 3 heterocycles. The van der Waals surface area contributed by atoms with Gasteiger partial charge in [0.2, 0.25) is 0 Å². The number of thiophene rings is 1. The summed E-state index contributed by atoms with van der Waals surface area (Å²) in [7, 11) is 1.75. The molecule has 0 radical (unpaired) electrons. The summed E-state index contributed by atoms with van der Waals surface area (Å²) < 4.78 is 20.0. The molecule has 2 N–H and O–H groups in total. The zero-order valence-electron chi connectivity index (χ0n) is 17.4. The molecule has 6 nitrogen and oxygen atoms in total. The summed E-state index contributed by atoms with van der Waals surface area (Å²) in [4.78, 5) is 10.7. The van der Waals surface area contributed by atoms with E-state index in [0.717, 1.165) is 37.5 Å². The van der Waals surface area contributed by atoms with Crippen LogP contribution in [0.3, 0.4) is 0 Å². The number of nitrogens with zero attached hydrogens (tertiary/aromatic N) is 3. The normalized spacial score (nSPS) is 15.0. The Kier molecular flexibility index (Phi) is 6.99. The molecule has 0 unspecified atom stereocenters. The largest absolute Gasteiger partial charge is 0.453 e. The fourth-order valence-electron chi connectivity index (χ4n) is 3.54. The predicted octanol–water partition coefficient (Wildman–Crippen LogP) is 4.41. The van der Waals surface area contributed by atoms with Gasteiger partial charge in [-0.05, 0) is 60.2 Å². The number of aromatic nitrogens is 1. The van der Waals surface area contributed by atoms with Gasteiger partial charge in [-0.3, -0.25) is 9.98 Å². The van der Waals surface area contributed by atoms with Crippen LogP contribution >= 0.6 is 11.3 Å². The van der Waals surface area contributed by atoms with Crippen LogP contribution in [0.2, 0.25) is 0 Å². The lowest BCUT2D eigenvalue weighted by Crippen LogP contribution is -2.48. The van der Waals surface area contributed by atoms with Crippen LogP contribution in [-0.2, 0) is 6.54 Å². The highest BCUT2D eigenvalue weighted by molar-refractivity contribution is 7.14. The molecule has 0 spiro atoms. The summed E-state index contributed by atoms with van der Waals surface area (Å²) >= 11 is 1.78. The number of piperidine rings is 1. The van der Waals surface area contributed by atoms with Gasteiger partial charge in [0.1, 0.15) is 5.75 Å². The predicted molar refractivity (Wildman–Crippen MR) is 124 cm³/mol. The smallest absolute Gasteiger partial charge is 0.191 e. The van der Waals surface area contributed by atoms with Crippen molar-refractivity contribution in [2.75, 3.05) is 25.0 Å². The molecule has 0 aliphatic carbocycles. The first-order chi connectivity index (χ1) is 15.2. The summed E-state index contributed by atoms with van der Waals surface area (Å²) in [6.07, 6.45) is 5.29. The van der Waals surface area contributed by atoms with Crippen molar-refractivity contribution in [3.05, 3.63) is 71.6 Å². The lowest BCUT2D eigenvalue weighted by molar-refractivity contribution is 0.440. The lowest BCUT2D eigenvalue weighted by atomic mass is 10.1. The van der Waals surface area contributed by atoms with Crippen LogP contribution < -0.4 is 20.3 Å². The van der Waals surface area contributed by atoms with Crippen LogP contribution in [0.15, 0.2) is 65.2 Å². The van der Waals surface area contributed by atoms with Crippen molar-refractivity contribution in [2.45, 2.75) is 25.4 Å². The minimum atomic E-state index is -0.410. The van der Waals surface area contributed by atoms with Crippen molar-refractivity contribution in [2.24, 2.45) is 4.99 Å². The zero-order valence-corrected chi connectivity index (χ0v) is 18.2. The maximum Gasteiger partial charge on any atom is 0.191 e. The Morgan fingerprint density at radius 3 is 2.81 bits per heavy atom. The van der Waals surface area contributed by atoms with E-state index in [-0.39, 0.29) is 5.75 Å². The summed E-state index contributed by atoms with van der Waals surface area (Å²) in [5, 5.41) is 10.2. The van der Waals surface area contributed by atoms with Gasteiger partial charge < -0.3 is 20.3 Å². The summed E-state index contributed by atoms with van der Waals surface area (Å²) in [6.45, 7) is 2.52. The zero-order chi connectivity index (χ0) is 21.5. The highest BCUT2D eigenvalue weighted by atomic mass is 32.1. The first-order valence-corrected chi connectivity index (χ1v) is 11.2. The van der Waals surface area contributed by atoms with Crippen molar-refractivity contribution < 1.29 is 9.13 Å². The molecule has 2 aromatic heterocycles. The third-order valence-corrected chi connectivity index (χ3v) is 6.12. The average molecular weight is 440 g/mol. The van der Waals surface area contributed by atoms with E-state index in [0.29, 0.717) is 18.3 Å². The number of hydrogen-bond acceptors (Lipinski definition) is 5. The topological polar surface area (TPSA) is 61.8 Å². The number of anilines is 1. The van der Waals surface area contributed by atoms with Gasteiger partial charge in [0.25, 0.3) is 0 Å². The number of nitrogens with one attached hydrogen (secondary N) is 2. The van der Waals surface area contributed by atoms with Gasteiger partial charge in [0.05, 0.1) is 11.2 Å². The number of benzene rings is 1. The minimum Gasteiger partial charge on any atom is -0.453 e. The summed E-state index contributed by atoms with van der Waals surface area (Å²) in [5.74, 6) is 0.997. The van der Waals surface area contributed by atoms with E-state index in [9.17, 15) is 4.39 Å². The molecule has 0 amide bonds. The van der Waals surface area contributed by atoms with Crippen LogP contribution in [0.1, 0.15) is 18.4 Å². The van der Waals surface area contributed by atoms with Gasteiger partial charge in [-0.15, -0.1) is 11.3 Å². The minimum absolute atomic E-state index is 0.178. The SMILES string of the molecule is CN=C(NCc1ccc(Oc2cccnc2)c(F)c1)NC1CCN(c2cccs2)CC1. The number of aliphatic imine (C=N–C) groups is 1. The molecule has 1 fully saturated rings. The number of halogens is 1. The molecule has 3 aromatic rings. The fraction of sp³-hybridized carbons (Fsp3) is 0.304. The maximum atomic E-state index is 14.4. The van der Waals surface area contributed by atoms with Crippen LogP contribution in [0, 0.1) is 5.82 Å². The Balaban J connectivity index is 1.26. The number of rotatable bonds is 6. The van der Waals surface area contributed by atoms with Crippen LogP contribution in [0.4, 0.5) is 9.39 Å². The van der Waals surface area contributed by atoms with E-state index in [2.05, 4.69) is 43.0 Å². The molecule has 1 aliphatic rings. The highest BCUT2D eigenvalue weighted by Crippen LogP contribution is 2.25. The molecule has 0 atom stereocenters. The molecule has 1 aromatic carbocycles. The number of guanidine groups is 1. The van der Waals surface area contributed by atoms with Gasteiger partial charge in [-0.25, -0.2) is 4.39 Å². The van der Waals surface area contributed by atoms with Gasteiger partial charge in [0.15, 0.2) is 17.5 Å². The van der Waals surface area contributed by atoms with Crippen molar-refractivity contribution >= 4 is 22.3 Å². The van der Waals surface area contributed by atoms with Crippen molar-refractivity contribution in [3.8, 4) is 11.5 Å². The summed E-state index contributed by atoms with van der Waals surface area (Å²) in [6, 6.07) is 13.1. The number of hydrogen-bond donors (Lipinski definition) is 2. The quantitative estimate of drug-likeness (QED) is 0.440. The van der Waals surface area contributed by atoms with E-state index >= 15 is 0 Å². The fourth-order valence-corrected chi connectivity index (χ4v) is 4.32. The molecular formula is C23H26FN5OS. The van der Waals surface area contributed by atoms with Crippen LogP contribution in [0.25, 0.3) is 0 Å². The first-order valence-electron chi connectivity index (χ1n) is 10.3. The van der Waals surface area contributed by atoms with E-state index in [1.54, 1.807) is 49.0 Å². The van der Waals surface area contributed by atoms with Crippen molar-refractivity contribution in [1.82, 2.24) is 15.6 Å². The molecule has 0 saturated carbocycles. The van der Waals surface area contributed by atoms with Crippen molar-refractivity contribution in [3.63, 3.8) is 0 Å². The van der Waals surface area contributed by atoms with E-state index in [1.807, 2.05) is 6.07 Å². The standard InChI is InChI=1S/C23H26FN5OS/c1-25-23(28-18-8-11-29(12-9-18)22-5-3-13-31-22)27-15-17-6-7-21(20(24)14-17)30-19-4-2-10-26-16-19/h2-7,10,13-14,16,18H,8-9,11-12,15H2,1H3,(H2,25,27,28). The Labute approximate surface area is 185 Å². The van der Waals surface area contributed by atoms with Gasteiger partial charge in [0, 0.05) is 38.9 Å². The number of pyridine rings is 1. The van der Waals surface area contributed by atoms with Gasteiger partial charge >= 0.3 is 0 Å². The second-order valence-corrected chi connectivity index (χ2v) is 8.26. The second-order valence-electron chi connectivity index (χ2n) is 7.34. The highest BCUT2D eigenvalue weighted by Gasteiger charge is 2.20. The van der Waals surface area contributed by atoms with E-state index in [1.165, 1.54) is 11.1 Å². The third kappa shape index (κ3) is 5.73. The molecule has 162 valence electrons. The molecule has 8 heteroatoms. The first kappa shape index (κ1) is 21.1. The molecule has 0 bridgehead atoms. The Bertz CT molecular complexity index is 988. The maximum absolute atomic E-state index is 14.4. The van der Waals surface area contributed by atoms with Crippen LogP contribution in [0.5, 0.6) is 11.5 Å². The number of ether oxygens (including phenoxy) is 1. The van der Waals surface area contributed by atoms with Gasteiger partial charge in [-0.1, -0.05) is 6.07 Å². The molecule has 31 heavy (non-hydrogen) atoms. The Hall–Kier alpha value is -3.13. The second kappa shape index (κ2) is 10.3.